The van der Waals surface area contributed by atoms with E-state index in [-0.39, 0.29) is 0 Å². The van der Waals surface area contributed by atoms with Crippen LogP contribution in [0, 0.1) is 17.3 Å². The molecule has 0 aliphatic heterocycles. The molecule has 1 saturated carbocycles. The average Bonchev–Trinajstić information content (AvgIpc) is 2.28. The normalized spacial score (nSPS) is 30.1. The van der Waals surface area contributed by atoms with Crippen LogP contribution in [-0.4, -0.2) is 38.8 Å². The Bertz CT molecular complexity index is 293. The molecule has 3 aliphatic carbocycles. The van der Waals surface area contributed by atoms with E-state index in [9.17, 15) is 0 Å². The first-order chi connectivity index (χ1) is 8.01. The van der Waals surface area contributed by atoms with Crippen molar-refractivity contribution in [3.8, 4) is 0 Å². The van der Waals surface area contributed by atoms with Gasteiger partial charge in [-0.25, -0.2) is 0 Å². The largest absolute Gasteiger partial charge is 0.380 e. The van der Waals surface area contributed by atoms with E-state index in [2.05, 4.69) is 38.9 Å². The summed E-state index contributed by atoms with van der Waals surface area (Å²) < 4.78 is 5.70. The van der Waals surface area contributed by atoms with Crippen LogP contribution in [-0.2, 0) is 4.74 Å². The molecule has 98 valence electrons. The molecule has 0 aromatic heterocycles. The minimum atomic E-state index is 0.563. The third-order valence-electron chi connectivity index (χ3n) is 4.80. The summed E-state index contributed by atoms with van der Waals surface area (Å²) in [4.78, 5) is 2.17. The lowest BCUT2D eigenvalue weighted by Gasteiger charge is -2.56. The average molecular weight is 237 g/mol. The lowest BCUT2D eigenvalue weighted by molar-refractivity contribution is -0.0110. The van der Waals surface area contributed by atoms with Crippen molar-refractivity contribution in [2.45, 2.75) is 33.1 Å². The summed E-state index contributed by atoms with van der Waals surface area (Å²) in [5, 5.41) is 0. The quantitative estimate of drug-likeness (QED) is 0.520. The van der Waals surface area contributed by atoms with Crippen molar-refractivity contribution in [2.75, 3.05) is 33.9 Å². The number of nitrogens with zero attached hydrogens (tertiary/aromatic N) is 1. The molecule has 0 heterocycles. The molecule has 0 N–H and O–H groups in total. The number of hydrogen-bond acceptors (Lipinski definition) is 2. The Morgan fingerprint density at radius 1 is 1.35 bits per heavy atom. The smallest absolute Gasteiger partial charge is 0.0593 e. The molecule has 3 aliphatic rings. The van der Waals surface area contributed by atoms with Gasteiger partial charge in [-0.3, -0.25) is 0 Å². The summed E-state index contributed by atoms with van der Waals surface area (Å²) in [6.07, 6.45) is 6.36. The monoisotopic (exact) mass is 237 g/mol. The van der Waals surface area contributed by atoms with Gasteiger partial charge in [0.1, 0.15) is 0 Å². The van der Waals surface area contributed by atoms with Crippen molar-refractivity contribution in [3.63, 3.8) is 0 Å². The lowest BCUT2D eigenvalue weighted by Crippen LogP contribution is -2.48. The summed E-state index contributed by atoms with van der Waals surface area (Å²) in [5.41, 5.74) is 2.23. The second-order valence-electron chi connectivity index (χ2n) is 6.49. The Balaban J connectivity index is 1.68. The number of ether oxygens (including phenoxy) is 1. The molecule has 0 aromatic rings. The van der Waals surface area contributed by atoms with Crippen LogP contribution in [0.5, 0.6) is 0 Å². The molecule has 0 radical (unpaired) electrons. The van der Waals surface area contributed by atoms with Gasteiger partial charge in [-0.1, -0.05) is 25.5 Å². The summed E-state index contributed by atoms with van der Waals surface area (Å²) in [6, 6.07) is 0. The Morgan fingerprint density at radius 2 is 2.12 bits per heavy atom. The number of hydrogen-bond donors (Lipinski definition) is 0. The SMILES string of the molecule is CN(C)CCOCCC1=CCC2CC1C2(C)C. The molecule has 3 rings (SSSR count). The Hall–Kier alpha value is -0.340. The van der Waals surface area contributed by atoms with Gasteiger partial charge in [-0.05, 0) is 50.6 Å². The lowest BCUT2D eigenvalue weighted by atomic mass is 9.48. The second kappa shape index (κ2) is 5.11. The first-order valence-electron chi connectivity index (χ1n) is 6.93. The van der Waals surface area contributed by atoms with Crippen LogP contribution < -0.4 is 0 Å². The van der Waals surface area contributed by atoms with Crippen LogP contribution in [0.1, 0.15) is 33.1 Å². The third kappa shape index (κ3) is 2.74. The summed E-state index contributed by atoms with van der Waals surface area (Å²) in [6.45, 7) is 7.65. The summed E-state index contributed by atoms with van der Waals surface area (Å²) in [7, 11) is 4.17. The first-order valence-corrected chi connectivity index (χ1v) is 6.93. The fourth-order valence-corrected chi connectivity index (χ4v) is 3.30. The van der Waals surface area contributed by atoms with Gasteiger partial charge in [0, 0.05) is 6.54 Å². The Morgan fingerprint density at radius 3 is 2.71 bits per heavy atom. The maximum absolute atomic E-state index is 5.70. The van der Waals surface area contributed by atoms with Crippen LogP contribution in [0.25, 0.3) is 0 Å². The predicted molar refractivity (Wildman–Crippen MR) is 72.1 cm³/mol. The molecule has 1 fully saturated rings. The number of likely N-dealkylation sites (N-methyl/N-ethyl adjacent to an activating group) is 1. The third-order valence-corrected chi connectivity index (χ3v) is 4.80. The molecule has 2 heteroatoms. The Labute approximate surface area is 106 Å². The van der Waals surface area contributed by atoms with Crippen molar-refractivity contribution in [1.29, 1.82) is 0 Å². The number of rotatable bonds is 6. The molecule has 17 heavy (non-hydrogen) atoms. The van der Waals surface area contributed by atoms with Crippen molar-refractivity contribution in [1.82, 2.24) is 4.90 Å². The van der Waals surface area contributed by atoms with Gasteiger partial charge in [-0.15, -0.1) is 0 Å². The molecule has 2 atom stereocenters. The molecule has 2 nitrogen and oxygen atoms in total. The van der Waals surface area contributed by atoms with Crippen LogP contribution >= 0.6 is 0 Å². The van der Waals surface area contributed by atoms with Crippen molar-refractivity contribution in [3.05, 3.63) is 11.6 Å². The number of allylic oxidation sites excluding steroid dienone is 1. The number of fused-ring (bicyclic) bond motifs is 1. The zero-order chi connectivity index (χ0) is 12.5. The highest BCUT2D eigenvalue weighted by Gasteiger charge is 2.50. The topological polar surface area (TPSA) is 12.5 Å². The highest BCUT2D eigenvalue weighted by Crippen LogP contribution is 2.59. The van der Waals surface area contributed by atoms with Gasteiger partial charge in [-0.2, -0.15) is 0 Å². The fourth-order valence-electron chi connectivity index (χ4n) is 3.30. The van der Waals surface area contributed by atoms with E-state index in [0.717, 1.165) is 38.0 Å². The van der Waals surface area contributed by atoms with Gasteiger partial charge in [0.15, 0.2) is 0 Å². The molecule has 0 saturated heterocycles. The van der Waals surface area contributed by atoms with Gasteiger partial charge >= 0.3 is 0 Å². The van der Waals surface area contributed by atoms with E-state index in [4.69, 9.17) is 4.74 Å². The molecule has 0 aromatic carbocycles. The minimum Gasteiger partial charge on any atom is -0.380 e. The predicted octanol–water partition coefficient (Wildman–Crippen LogP) is 2.95. The zero-order valence-corrected chi connectivity index (χ0v) is 11.8. The summed E-state index contributed by atoms with van der Waals surface area (Å²) in [5.74, 6) is 1.80. The maximum atomic E-state index is 5.70. The second-order valence-corrected chi connectivity index (χ2v) is 6.49. The highest BCUT2D eigenvalue weighted by molar-refractivity contribution is 5.23. The van der Waals surface area contributed by atoms with Crippen LogP contribution in [0.15, 0.2) is 11.6 Å². The minimum absolute atomic E-state index is 0.563. The Kier molecular flexibility index (Phi) is 3.94. The molecule has 0 amide bonds. The standard InChI is InChI=1S/C15H27NO/c1-15(2)13-6-5-12(14(15)11-13)7-9-17-10-8-16(3)4/h5,13-14H,6-11H2,1-4H3. The van der Waals surface area contributed by atoms with Gasteiger partial charge < -0.3 is 9.64 Å². The molecule has 2 bridgehead atoms. The van der Waals surface area contributed by atoms with Gasteiger partial charge in [0.05, 0.1) is 13.2 Å². The van der Waals surface area contributed by atoms with E-state index in [1.807, 2.05) is 0 Å². The highest BCUT2D eigenvalue weighted by atomic mass is 16.5. The van der Waals surface area contributed by atoms with Gasteiger partial charge in [0.25, 0.3) is 0 Å². The van der Waals surface area contributed by atoms with Crippen molar-refractivity contribution in [2.24, 2.45) is 17.3 Å². The van der Waals surface area contributed by atoms with E-state index in [1.54, 1.807) is 5.57 Å². The van der Waals surface area contributed by atoms with E-state index in [0.29, 0.717) is 5.41 Å². The van der Waals surface area contributed by atoms with Crippen LogP contribution in [0.2, 0.25) is 0 Å². The maximum Gasteiger partial charge on any atom is 0.0593 e. The van der Waals surface area contributed by atoms with Crippen LogP contribution in [0.4, 0.5) is 0 Å². The van der Waals surface area contributed by atoms with E-state index < -0.39 is 0 Å². The molecular weight excluding hydrogens is 210 g/mol. The summed E-state index contributed by atoms with van der Waals surface area (Å²) >= 11 is 0. The first kappa shape index (κ1) is 13.1. The van der Waals surface area contributed by atoms with Crippen molar-refractivity contribution >= 4 is 0 Å². The molecule has 2 unspecified atom stereocenters. The van der Waals surface area contributed by atoms with Crippen LogP contribution in [0.3, 0.4) is 0 Å². The van der Waals surface area contributed by atoms with Gasteiger partial charge in [0.2, 0.25) is 0 Å². The zero-order valence-electron chi connectivity index (χ0n) is 11.8. The van der Waals surface area contributed by atoms with E-state index in [1.165, 1.54) is 12.8 Å². The molecular formula is C15H27NO. The molecule has 0 spiro atoms. The fraction of sp³-hybridized carbons (Fsp3) is 0.867. The van der Waals surface area contributed by atoms with E-state index >= 15 is 0 Å². The van der Waals surface area contributed by atoms with Crippen molar-refractivity contribution < 1.29 is 4.74 Å².